The van der Waals surface area contributed by atoms with Gasteiger partial charge in [0.15, 0.2) is 5.76 Å². The molecule has 1 N–H and O–H groups in total. The first-order chi connectivity index (χ1) is 12.2. The highest BCUT2D eigenvalue weighted by atomic mass is 19.4. The molecular weight excluding hydrogens is 354 g/mol. The van der Waals surface area contributed by atoms with Crippen molar-refractivity contribution >= 4 is 17.3 Å². The van der Waals surface area contributed by atoms with Gasteiger partial charge in [0.05, 0.1) is 18.4 Å². The minimum absolute atomic E-state index is 0.0492. The number of allylic oxidation sites excluding steroid dienone is 2. The maximum atomic E-state index is 14.0. The molecule has 0 spiro atoms. The van der Waals surface area contributed by atoms with E-state index in [0.29, 0.717) is 18.2 Å². The minimum Gasteiger partial charge on any atom is -0.491 e. The van der Waals surface area contributed by atoms with Crippen molar-refractivity contribution in [2.24, 2.45) is 0 Å². The Kier molecular flexibility index (Phi) is 4.27. The van der Waals surface area contributed by atoms with Crippen molar-refractivity contribution in [2.45, 2.75) is 6.18 Å². The average molecular weight is 365 g/mol. The molecule has 0 atom stereocenters. The Labute approximate surface area is 145 Å². The number of alkyl halides is 3. The number of benzene rings is 2. The summed E-state index contributed by atoms with van der Waals surface area (Å²) in [6.45, 7) is 0. The first-order valence-corrected chi connectivity index (χ1v) is 7.34. The molecule has 0 aliphatic heterocycles. The van der Waals surface area contributed by atoms with Crippen LogP contribution in [0.4, 0.5) is 23.2 Å². The van der Waals surface area contributed by atoms with Crippen LogP contribution < -0.4 is 5.32 Å². The number of ether oxygens (including phenoxy) is 1. The van der Waals surface area contributed by atoms with Crippen molar-refractivity contribution in [1.82, 2.24) is 0 Å². The van der Waals surface area contributed by atoms with Gasteiger partial charge >= 0.3 is 6.18 Å². The van der Waals surface area contributed by atoms with Crippen molar-refractivity contribution in [3.63, 3.8) is 0 Å². The lowest BCUT2D eigenvalue weighted by molar-refractivity contribution is -0.137. The Hall–Kier alpha value is -3.16. The van der Waals surface area contributed by atoms with Gasteiger partial charge in [-0.15, -0.1) is 0 Å². The number of hydrogen-bond donors (Lipinski definition) is 1. The maximum absolute atomic E-state index is 14.0. The van der Waals surface area contributed by atoms with E-state index in [1.54, 1.807) is 6.07 Å². The second kappa shape index (κ2) is 6.29. The second-order valence-corrected chi connectivity index (χ2v) is 5.43. The van der Waals surface area contributed by atoms with E-state index >= 15 is 0 Å². The third-order valence-corrected chi connectivity index (χ3v) is 3.83. The molecule has 0 radical (unpaired) electrons. The first kappa shape index (κ1) is 17.7. The number of anilines is 1. The van der Waals surface area contributed by atoms with Gasteiger partial charge < -0.3 is 10.1 Å². The molecule has 8 heteroatoms. The molecule has 2 aromatic carbocycles. The van der Waals surface area contributed by atoms with E-state index in [-0.39, 0.29) is 11.1 Å². The van der Waals surface area contributed by atoms with Gasteiger partial charge in [0.25, 0.3) is 0 Å². The SMILES string of the molecule is COC1=C(Nc2cc(C(F)(F)F)ccc2F)C(=O)c2ccccc2C1=O. The van der Waals surface area contributed by atoms with Crippen molar-refractivity contribution in [3.05, 3.63) is 76.4 Å². The van der Waals surface area contributed by atoms with Crippen LogP contribution in [0.1, 0.15) is 26.3 Å². The van der Waals surface area contributed by atoms with Crippen LogP contribution in [0.5, 0.6) is 0 Å². The Morgan fingerprint density at radius 3 is 2.15 bits per heavy atom. The van der Waals surface area contributed by atoms with E-state index < -0.39 is 46.3 Å². The Bertz CT molecular complexity index is 948. The molecule has 3 rings (SSSR count). The van der Waals surface area contributed by atoms with Gasteiger partial charge in [0.2, 0.25) is 11.6 Å². The molecule has 0 fully saturated rings. The van der Waals surface area contributed by atoms with E-state index in [4.69, 9.17) is 4.74 Å². The van der Waals surface area contributed by atoms with E-state index in [1.165, 1.54) is 18.2 Å². The first-order valence-electron chi connectivity index (χ1n) is 7.34. The molecule has 0 heterocycles. The van der Waals surface area contributed by atoms with Crippen LogP contribution in [0.3, 0.4) is 0 Å². The molecule has 0 saturated heterocycles. The summed E-state index contributed by atoms with van der Waals surface area (Å²) >= 11 is 0. The summed E-state index contributed by atoms with van der Waals surface area (Å²) in [6, 6.07) is 7.64. The van der Waals surface area contributed by atoms with Gasteiger partial charge in [-0.2, -0.15) is 13.2 Å². The number of carbonyl (C=O) groups excluding carboxylic acids is 2. The summed E-state index contributed by atoms with van der Waals surface area (Å²) in [7, 11) is 1.14. The summed E-state index contributed by atoms with van der Waals surface area (Å²) in [5, 5.41) is 2.29. The van der Waals surface area contributed by atoms with Gasteiger partial charge in [-0.3, -0.25) is 9.59 Å². The highest BCUT2D eigenvalue weighted by molar-refractivity contribution is 6.27. The molecule has 0 saturated carbocycles. The van der Waals surface area contributed by atoms with E-state index in [2.05, 4.69) is 5.32 Å². The predicted octanol–water partition coefficient (Wildman–Crippen LogP) is 4.19. The normalized spacial score (nSPS) is 14.3. The molecule has 1 aliphatic rings. The lowest BCUT2D eigenvalue weighted by Gasteiger charge is -2.21. The van der Waals surface area contributed by atoms with Gasteiger partial charge in [-0.05, 0) is 18.2 Å². The van der Waals surface area contributed by atoms with E-state index in [0.717, 1.165) is 7.11 Å². The predicted molar refractivity (Wildman–Crippen MR) is 84.2 cm³/mol. The van der Waals surface area contributed by atoms with Crippen LogP contribution in [0.25, 0.3) is 0 Å². The smallest absolute Gasteiger partial charge is 0.416 e. The molecule has 26 heavy (non-hydrogen) atoms. The fourth-order valence-electron chi connectivity index (χ4n) is 2.59. The highest BCUT2D eigenvalue weighted by Crippen LogP contribution is 2.33. The zero-order valence-corrected chi connectivity index (χ0v) is 13.3. The standard InChI is InChI=1S/C18H11F4NO3/c1-26-17-14(15(24)10-4-2-3-5-11(10)16(17)25)23-13-8-9(18(20,21)22)6-7-12(13)19/h2-8,23H,1H3. The summed E-state index contributed by atoms with van der Waals surface area (Å²) in [5.74, 6) is -2.72. The fourth-order valence-corrected chi connectivity index (χ4v) is 2.59. The number of methoxy groups -OCH3 is 1. The fraction of sp³-hybridized carbons (Fsp3) is 0.111. The minimum atomic E-state index is -4.69. The molecule has 0 unspecified atom stereocenters. The molecule has 134 valence electrons. The summed E-state index contributed by atoms with van der Waals surface area (Å²) in [4.78, 5) is 25.1. The van der Waals surface area contributed by atoms with Crippen LogP contribution in [-0.4, -0.2) is 18.7 Å². The van der Waals surface area contributed by atoms with Crippen LogP contribution in [0, 0.1) is 5.82 Å². The van der Waals surface area contributed by atoms with E-state index in [9.17, 15) is 27.2 Å². The molecular formula is C18H11F4NO3. The van der Waals surface area contributed by atoms with Gasteiger partial charge in [-0.1, -0.05) is 24.3 Å². The maximum Gasteiger partial charge on any atom is 0.416 e. The third kappa shape index (κ3) is 2.94. The highest BCUT2D eigenvalue weighted by Gasteiger charge is 2.35. The number of rotatable bonds is 3. The van der Waals surface area contributed by atoms with Crippen LogP contribution >= 0.6 is 0 Å². The zero-order chi connectivity index (χ0) is 19.1. The lowest BCUT2D eigenvalue weighted by atomic mass is 9.91. The topological polar surface area (TPSA) is 55.4 Å². The number of Topliss-reactive ketones (excluding diaryl/α,β-unsaturated/α-hetero) is 2. The summed E-state index contributed by atoms with van der Waals surface area (Å²) < 4.78 is 57.5. The largest absolute Gasteiger partial charge is 0.491 e. The molecule has 0 amide bonds. The monoisotopic (exact) mass is 365 g/mol. The Balaban J connectivity index is 2.09. The summed E-state index contributed by atoms with van der Waals surface area (Å²) in [5.41, 5.74) is -1.96. The van der Waals surface area contributed by atoms with Crippen molar-refractivity contribution in [1.29, 1.82) is 0 Å². The lowest BCUT2D eigenvalue weighted by Crippen LogP contribution is -2.27. The van der Waals surface area contributed by atoms with Crippen molar-refractivity contribution in [2.75, 3.05) is 12.4 Å². The number of ketones is 2. The molecule has 4 nitrogen and oxygen atoms in total. The number of carbonyl (C=O) groups is 2. The van der Waals surface area contributed by atoms with Gasteiger partial charge in [0, 0.05) is 11.1 Å². The number of halogens is 4. The van der Waals surface area contributed by atoms with Crippen molar-refractivity contribution in [3.8, 4) is 0 Å². The van der Waals surface area contributed by atoms with Crippen LogP contribution in [0.2, 0.25) is 0 Å². The molecule has 1 aliphatic carbocycles. The van der Waals surface area contributed by atoms with Gasteiger partial charge in [-0.25, -0.2) is 4.39 Å². The quantitative estimate of drug-likeness (QED) is 0.829. The molecule has 0 bridgehead atoms. The summed E-state index contributed by atoms with van der Waals surface area (Å²) in [6.07, 6.45) is -4.69. The molecule has 0 aromatic heterocycles. The number of hydrogen-bond acceptors (Lipinski definition) is 4. The number of nitrogens with one attached hydrogen (secondary N) is 1. The van der Waals surface area contributed by atoms with E-state index in [1.807, 2.05) is 0 Å². The second-order valence-electron chi connectivity index (χ2n) is 5.43. The van der Waals surface area contributed by atoms with Crippen LogP contribution in [0.15, 0.2) is 53.9 Å². The molecule has 2 aromatic rings. The Morgan fingerprint density at radius 1 is 0.962 bits per heavy atom. The van der Waals surface area contributed by atoms with Crippen LogP contribution in [-0.2, 0) is 10.9 Å². The Morgan fingerprint density at radius 2 is 1.58 bits per heavy atom. The average Bonchev–Trinajstić information content (AvgIpc) is 2.60. The van der Waals surface area contributed by atoms with Gasteiger partial charge in [0.1, 0.15) is 11.5 Å². The third-order valence-electron chi connectivity index (χ3n) is 3.83. The van der Waals surface area contributed by atoms with Crippen molar-refractivity contribution < 1.29 is 31.9 Å². The number of fused-ring (bicyclic) bond motifs is 1. The zero-order valence-electron chi connectivity index (χ0n) is 13.3.